The molecule has 1 aromatic carbocycles. The number of nitrogens with zero attached hydrogens (tertiary/aromatic N) is 3. The number of amides is 2. The first kappa shape index (κ1) is 29.2. The first-order valence-electron chi connectivity index (χ1n) is 11.2. The van der Waals surface area contributed by atoms with Gasteiger partial charge >= 0.3 is 0 Å². The highest BCUT2D eigenvalue weighted by molar-refractivity contribution is 5.94. The summed E-state index contributed by atoms with van der Waals surface area (Å²) in [5.41, 5.74) is 8.87. The number of rotatable bonds is 14. The van der Waals surface area contributed by atoms with Gasteiger partial charge in [-0.25, -0.2) is 0 Å². The zero-order valence-electron chi connectivity index (χ0n) is 21.0. The SMILES string of the molecule is CC(C)(C)NCCNC(=O)c1cccc(OCC(N=[N+]=[N-])OCCOCC(=O)NC(C)(C)C)c1. The molecule has 11 heteroatoms. The van der Waals surface area contributed by atoms with Crippen molar-refractivity contribution in [1.29, 1.82) is 0 Å². The molecule has 2 amide bonds. The highest BCUT2D eigenvalue weighted by atomic mass is 16.6. The Bertz CT molecular complexity index is 828. The molecule has 1 atom stereocenters. The van der Waals surface area contributed by atoms with Crippen molar-refractivity contribution < 1.29 is 23.8 Å². The van der Waals surface area contributed by atoms with Crippen LogP contribution >= 0.6 is 0 Å². The van der Waals surface area contributed by atoms with Crippen molar-refractivity contribution in [2.75, 3.05) is 39.5 Å². The molecule has 0 radical (unpaired) electrons. The summed E-state index contributed by atoms with van der Waals surface area (Å²) in [5, 5.41) is 12.5. The predicted octanol–water partition coefficient (Wildman–Crippen LogP) is 2.77. The van der Waals surface area contributed by atoms with Gasteiger partial charge in [-0.3, -0.25) is 9.59 Å². The summed E-state index contributed by atoms with van der Waals surface area (Å²) in [6.45, 7) is 13.1. The van der Waals surface area contributed by atoms with Crippen molar-refractivity contribution >= 4 is 11.8 Å². The second kappa shape index (κ2) is 14.4. The summed E-state index contributed by atoms with van der Waals surface area (Å²) in [6, 6.07) is 6.70. The number of azide groups is 1. The van der Waals surface area contributed by atoms with Crippen LogP contribution in [-0.2, 0) is 14.3 Å². The van der Waals surface area contributed by atoms with Crippen molar-refractivity contribution in [3.8, 4) is 5.75 Å². The summed E-state index contributed by atoms with van der Waals surface area (Å²) in [4.78, 5) is 26.8. The fourth-order valence-corrected chi connectivity index (χ4v) is 2.64. The predicted molar refractivity (Wildman–Crippen MR) is 130 cm³/mol. The molecule has 0 aliphatic rings. The molecule has 0 heterocycles. The number of benzene rings is 1. The lowest BCUT2D eigenvalue weighted by Gasteiger charge is -2.20. The minimum absolute atomic E-state index is 0.0178. The Hall–Kier alpha value is -2.85. The standard InChI is InChI=1S/C23H38N6O5/c1-22(2,3)26-11-10-25-21(31)17-8-7-9-18(14-17)34-16-20(28-29-24)33-13-12-32-15-19(30)27-23(4,5)6/h7-9,14,20,26H,10-13,15-16H2,1-6H3,(H,25,31)(H,27,30). The monoisotopic (exact) mass is 478 g/mol. The Labute approximate surface area is 201 Å². The average Bonchev–Trinajstić information content (AvgIpc) is 2.73. The zero-order valence-corrected chi connectivity index (χ0v) is 21.0. The van der Waals surface area contributed by atoms with Crippen molar-refractivity contribution in [2.45, 2.75) is 58.8 Å². The van der Waals surface area contributed by atoms with E-state index >= 15 is 0 Å². The van der Waals surface area contributed by atoms with Crippen LogP contribution in [-0.4, -0.2) is 68.6 Å². The number of hydrogen-bond acceptors (Lipinski definition) is 7. The maximum atomic E-state index is 12.4. The number of carbonyl (C=O) groups is 2. The van der Waals surface area contributed by atoms with E-state index in [4.69, 9.17) is 19.7 Å². The Morgan fingerprint density at radius 2 is 1.82 bits per heavy atom. The van der Waals surface area contributed by atoms with Gasteiger partial charge in [-0.15, -0.1) is 0 Å². The van der Waals surface area contributed by atoms with Gasteiger partial charge in [0.05, 0.1) is 13.2 Å². The molecule has 1 unspecified atom stereocenters. The molecular weight excluding hydrogens is 440 g/mol. The fraction of sp³-hybridized carbons (Fsp3) is 0.652. The van der Waals surface area contributed by atoms with E-state index < -0.39 is 6.23 Å². The third-order valence-corrected chi connectivity index (χ3v) is 4.02. The highest BCUT2D eigenvalue weighted by Crippen LogP contribution is 2.14. The Balaban J connectivity index is 2.42. The van der Waals surface area contributed by atoms with Crippen LogP contribution in [0.2, 0.25) is 0 Å². The van der Waals surface area contributed by atoms with E-state index in [-0.39, 0.29) is 49.3 Å². The van der Waals surface area contributed by atoms with Gasteiger partial charge in [-0.1, -0.05) is 11.2 Å². The fourth-order valence-electron chi connectivity index (χ4n) is 2.64. The van der Waals surface area contributed by atoms with Gasteiger partial charge in [0.2, 0.25) is 5.91 Å². The van der Waals surface area contributed by atoms with Gasteiger partial charge in [-0.05, 0) is 65.3 Å². The summed E-state index contributed by atoms with van der Waals surface area (Å²) in [5.74, 6) is 0.00534. The van der Waals surface area contributed by atoms with Crippen molar-refractivity contribution in [2.24, 2.45) is 5.11 Å². The second-order valence-corrected chi connectivity index (χ2v) is 9.65. The van der Waals surface area contributed by atoms with Crippen molar-refractivity contribution in [1.82, 2.24) is 16.0 Å². The van der Waals surface area contributed by atoms with Gasteiger partial charge in [-0.2, -0.15) is 0 Å². The van der Waals surface area contributed by atoms with Gasteiger partial charge in [0, 0.05) is 34.6 Å². The topological polar surface area (TPSA) is 147 Å². The van der Waals surface area contributed by atoms with Gasteiger partial charge in [0.25, 0.3) is 5.91 Å². The molecule has 1 rings (SSSR count). The molecule has 34 heavy (non-hydrogen) atoms. The summed E-state index contributed by atoms with van der Waals surface area (Å²) in [7, 11) is 0. The Kier molecular flexibility index (Phi) is 12.4. The van der Waals surface area contributed by atoms with Crippen LogP contribution in [0.15, 0.2) is 29.4 Å². The van der Waals surface area contributed by atoms with E-state index in [1.54, 1.807) is 24.3 Å². The van der Waals surface area contributed by atoms with Crippen molar-refractivity contribution in [3.63, 3.8) is 0 Å². The Morgan fingerprint density at radius 1 is 1.09 bits per heavy atom. The molecule has 0 aliphatic heterocycles. The smallest absolute Gasteiger partial charge is 0.251 e. The lowest BCUT2D eigenvalue weighted by molar-refractivity contribution is -0.128. The highest BCUT2D eigenvalue weighted by Gasteiger charge is 2.14. The maximum absolute atomic E-state index is 12.4. The van der Waals surface area contributed by atoms with Crippen LogP contribution in [0, 0.1) is 0 Å². The summed E-state index contributed by atoms with van der Waals surface area (Å²) < 4.78 is 16.4. The van der Waals surface area contributed by atoms with Crippen LogP contribution in [0.4, 0.5) is 0 Å². The first-order valence-corrected chi connectivity index (χ1v) is 11.2. The normalized spacial score (nSPS) is 12.4. The Morgan fingerprint density at radius 3 is 2.47 bits per heavy atom. The minimum atomic E-state index is -0.891. The van der Waals surface area contributed by atoms with Gasteiger partial charge in [0.1, 0.15) is 19.0 Å². The van der Waals surface area contributed by atoms with E-state index in [1.165, 1.54) is 0 Å². The molecule has 0 aromatic heterocycles. The maximum Gasteiger partial charge on any atom is 0.251 e. The van der Waals surface area contributed by atoms with Crippen LogP contribution in [0.1, 0.15) is 51.9 Å². The number of ether oxygens (including phenoxy) is 3. The first-order chi connectivity index (χ1) is 15.9. The molecule has 0 saturated heterocycles. The zero-order chi connectivity index (χ0) is 25.6. The second-order valence-electron chi connectivity index (χ2n) is 9.65. The molecule has 190 valence electrons. The number of nitrogens with one attached hydrogen (secondary N) is 3. The average molecular weight is 479 g/mol. The van der Waals surface area contributed by atoms with Crippen molar-refractivity contribution in [3.05, 3.63) is 40.3 Å². The molecule has 11 nitrogen and oxygen atoms in total. The minimum Gasteiger partial charge on any atom is -0.491 e. The number of hydrogen-bond donors (Lipinski definition) is 3. The van der Waals surface area contributed by atoms with E-state index in [0.717, 1.165) is 0 Å². The lowest BCUT2D eigenvalue weighted by atomic mass is 10.1. The summed E-state index contributed by atoms with van der Waals surface area (Å²) >= 11 is 0. The third kappa shape index (κ3) is 14.3. The molecule has 0 bridgehead atoms. The summed E-state index contributed by atoms with van der Waals surface area (Å²) in [6.07, 6.45) is -0.891. The van der Waals surface area contributed by atoms with E-state index in [2.05, 4.69) is 46.7 Å². The van der Waals surface area contributed by atoms with Crippen LogP contribution in [0.25, 0.3) is 10.4 Å². The molecule has 1 aromatic rings. The van der Waals surface area contributed by atoms with Crippen LogP contribution < -0.4 is 20.7 Å². The molecular formula is C23H38N6O5. The van der Waals surface area contributed by atoms with Crippen LogP contribution in [0.5, 0.6) is 5.75 Å². The van der Waals surface area contributed by atoms with E-state index in [9.17, 15) is 9.59 Å². The van der Waals surface area contributed by atoms with Crippen LogP contribution in [0.3, 0.4) is 0 Å². The molecule has 0 saturated carbocycles. The number of carbonyl (C=O) groups excluding carboxylic acids is 2. The quantitative estimate of drug-likeness (QED) is 0.162. The largest absolute Gasteiger partial charge is 0.491 e. The van der Waals surface area contributed by atoms with Gasteiger partial charge in [0.15, 0.2) is 6.23 Å². The lowest BCUT2D eigenvalue weighted by Crippen LogP contribution is -2.42. The van der Waals surface area contributed by atoms with E-state index in [0.29, 0.717) is 24.4 Å². The third-order valence-electron chi connectivity index (χ3n) is 4.02. The molecule has 3 N–H and O–H groups in total. The molecule has 0 fully saturated rings. The molecule has 0 spiro atoms. The van der Waals surface area contributed by atoms with E-state index in [1.807, 2.05) is 20.8 Å². The van der Waals surface area contributed by atoms with Gasteiger partial charge < -0.3 is 30.2 Å². The molecule has 0 aliphatic carbocycles.